The summed E-state index contributed by atoms with van der Waals surface area (Å²) in [6.07, 6.45) is 2.36. The zero-order valence-corrected chi connectivity index (χ0v) is 10.1. The van der Waals surface area contributed by atoms with E-state index >= 15 is 0 Å². The zero-order chi connectivity index (χ0) is 12.3. The predicted octanol–water partition coefficient (Wildman–Crippen LogP) is 1.69. The Labute approximate surface area is 102 Å². The molecule has 0 saturated carbocycles. The Morgan fingerprint density at radius 1 is 1.53 bits per heavy atom. The van der Waals surface area contributed by atoms with Gasteiger partial charge in [0.2, 0.25) is 5.91 Å². The van der Waals surface area contributed by atoms with Crippen LogP contribution in [0.5, 0.6) is 0 Å². The number of nitrogen functional groups attached to an aromatic ring is 1. The van der Waals surface area contributed by atoms with Crippen LogP contribution in [0.1, 0.15) is 19.8 Å². The van der Waals surface area contributed by atoms with Gasteiger partial charge in [0.1, 0.15) is 0 Å². The Bertz CT molecular complexity index is 405. The molecule has 17 heavy (non-hydrogen) atoms. The molecule has 1 saturated heterocycles. The van der Waals surface area contributed by atoms with Crippen molar-refractivity contribution in [1.29, 1.82) is 0 Å². The van der Waals surface area contributed by atoms with Crippen LogP contribution >= 0.6 is 0 Å². The second-order valence-corrected chi connectivity index (χ2v) is 4.60. The monoisotopic (exact) mass is 233 g/mol. The average Bonchev–Trinajstić information content (AvgIpc) is 2.68. The predicted molar refractivity (Wildman–Crippen MR) is 69.8 cm³/mol. The fraction of sp³-hybridized carbons (Fsp3) is 0.462. The summed E-state index contributed by atoms with van der Waals surface area (Å²) in [6, 6.07) is 7.83. The van der Waals surface area contributed by atoms with Gasteiger partial charge >= 0.3 is 0 Å². The standard InChI is InChI=1S/C13H19N3O/c1-10-5-4-8-16(10)9-13(17)15-12-7-3-2-6-11(12)14/h2-3,6-7,10H,4-5,8-9,14H2,1H3,(H,15,17). The van der Waals surface area contributed by atoms with Crippen molar-refractivity contribution in [3.8, 4) is 0 Å². The average molecular weight is 233 g/mol. The highest BCUT2D eigenvalue weighted by Gasteiger charge is 2.22. The molecule has 1 atom stereocenters. The highest BCUT2D eigenvalue weighted by molar-refractivity contribution is 5.95. The molecule has 1 aromatic carbocycles. The maximum absolute atomic E-state index is 11.9. The minimum absolute atomic E-state index is 0.0108. The molecule has 0 spiro atoms. The van der Waals surface area contributed by atoms with Crippen molar-refractivity contribution in [3.63, 3.8) is 0 Å². The van der Waals surface area contributed by atoms with Crippen LogP contribution in [-0.4, -0.2) is 29.9 Å². The van der Waals surface area contributed by atoms with Crippen molar-refractivity contribution >= 4 is 17.3 Å². The number of nitrogens with zero attached hydrogens (tertiary/aromatic N) is 1. The number of carbonyl (C=O) groups is 1. The molecule has 1 fully saturated rings. The van der Waals surface area contributed by atoms with Crippen molar-refractivity contribution in [2.45, 2.75) is 25.8 Å². The quantitative estimate of drug-likeness (QED) is 0.781. The van der Waals surface area contributed by atoms with E-state index in [1.54, 1.807) is 6.07 Å². The van der Waals surface area contributed by atoms with E-state index in [0.29, 0.717) is 24.0 Å². The van der Waals surface area contributed by atoms with Gasteiger partial charge in [0, 0.05) is 6.04 Å². The van der Waals surface area contributed by atoms with Gasteiger partial charge in [-0.1, -0.05) is 12.1 Å². The molecule has 0 aliphatic carbocycles. The van der Waals surface area contributed by atoms with Gasteiger partial charge in [-0.05, 0) is 38.4 Å². The van der Waals surface area contributed by atoms with Gasteiger partial charge in [0.05, 0.1) is 17.9 Å². The van der Waals surface area contributed by atoms with E-state index < -0.39 is 0 Å². The highest BCUT2D eigenvalue weighted by Crippen LogP contribution is 2.18. The minimum atomic E-state index is 0.0108. The zero-order valence-electron chi connectivity index (χ0n) is 10.1. The van der Waals surface area contributed by atoms with Gasteiger partial charge in [-0.25, -0.2) is 0 Å². The summed E-state index contributed by atoms with van der Waals surface area (Å²) < 4.78 is 0. The second kappa shape index (κ2) is 5.19. The minimum Gasteiger partial charge on any atom is -0.397 e. The molecule has 0 aromatic heterocycles. The largest absolute Gasteiger partial charge is 0.397 e. The van der Waals surface area contributed by atoms with Crippen molar-refractivity contribution in [2.24, 2.45) is 0 Å². The first-order chi connectivity index (χ1) is 8.16. The number of amides is 1. The number of anilines is 2. The lowest BCUT2D eigenvalue weighted by atomic mass is 10.2. The first-order valence-corrected chi connectivity index (χ1v) is 6.05. The Morgan fingerprint density at radius 3 is 2.94 bits per heavy atom. The molecule has 2 rings (SSSR count). The Kier molecular flexibility index (Phi) is 3.64. The molecule has 1 aliphatic heterocycles. The van der Waals surface area contributed by atoms with Crippen molar-refractivity contribution in [3.05, 3.63) is 24.3 Å². The molecule has 1 aromatic rings. The van der Waals surface area contributed by atoms with E-state index in [4.69, 9.17) is 5.73 Å². The molecular weight excluding hydrogens is 214 g/mol. The summed E-state index contributed by atoms with van der Waals surface area (Å²) in [6.45, 7) is 3.63. The molecule has 92 valence electrons. The van der Waals surface area contributed by atoms with Gasteiger partial charge < -0.3 is 11.1 Å². The molecule has 1 amide bonds. The van der Waals surface area contributed by atoms with Crippen molar-refractivity contribution in [2.75, 3.05) is 24.1 Å². The Morgan fingerprint density at radius 2 is 2.29 bits per heavy atom. The third kappa shape index (κ3) is 2.97. The molecular formula is C13H19N3O. The first kappa shape index (κ1) is 11.9. The fourth-order valence-electron chi connectivity index (χ4n) is 2.21. The number of hydrogen-bond donors (Lipinski definition) is 2. The lowest BCUT2D eigenvalue weighted by Gasteiger charge is -2.20. The summed E-state index contributed by atoms with van der Waals surface area (Å²) in [4.78, 5) is 14.1. The number of nitrogens with one attached hydrogen (secondary N) is 1. The number of rotatable bonds is 3. The summed E-state index contributed by atoms with van der Waals surface area (Å²) in [5.41, 5.74) is 7.08. The molecule has 4 heteroatoms. The van der Waals surface area contributed by atoms with Gasteiger partial charge in [0.25, 0.3) is 0 Å². The normalized spacial score (nSPS) is 20.4. The molecule has 1 unspecified atom stereocenters. The molecule has 0 bridgehead atoms. The molecule has 1 aliphatic rings. The fourth-order valence-corrected chi connectivity index (χ4v) is 2.21. The van der Waals surface area contributed by atoms with Crippen LogP contribution in [0.25, 0.3) is 0 Å². The van der Waals surface area contributed by atoms with E-state index in [2.05, 4.69) is 17.1 Å². The van der Waals surface area contributed by atoms with Gasteiger partial charge in [0.15, 0.2) is 0 Å². The van der Waals surface area contributed by atoms with Gasteiger partial charge in [-0.3, -0.25) is 9.69 Å². The van der Waals surface area contributed by atoms with Crippen LogP contribution in [0.15, 0.2) is 24.3 Å². The summed E-state index contributed by atoms with van der Waals surface area (Å²) >= 11 is 0. The lowest BCUT2D eigenvalue weighted by Crippen LogP contribution is -2.35. The molecule has 3 N–H and O–H groups in total. The van der Waals surface area contributed by atoms with Gasteiger partial charge in [-0.15, -0.1) is 0 Å². The van der Waals surface area contributed by atoms with Crippen molar-refractivity contribution in [1.82, 2.24) is 4.90 Å². The number of carbonyl (C=O) groups excluding carboxylic acids is 1. The first-order valence-electron chi connectivity index (χ1n) is 6.05. The molecule has 4 nitrogen and oxygen atoms in total. The van der Waals surface area contributed by atoms with Crippen LogP contribution in [0.4, 0.5) is 11.4 Å². The third-order valence-electron chi connectivity index (χ3n) is 3.27. The smallest absolute Gasteiger partial charge is 0.238 e. The number of para-hydroxylation sites is 2. The number of likely N-dealkylation sites (tertiary alicyclic amines) is 1. The SMILES string of the molecule is CC1CCCN1CC(=O)Nc1ccccc1N. The van der Waals surface area contributed by atoms with E-state index in [-0.39, 0.29) is 5.91 Å². The van der Waals surface area contributed by atoms with Crippen LogP contribution in [0, 0.1) is 0 Å². The number of nitrogens with two attached hydrogens (primary N) is 1. The Hall–Kier alpha value is -1.55. The highest BCUT2D eigenvalue weighted by atomic mass is 16.2. The maximum atomic E-state index is 11.9. The van der Waals surface area contributed by atoms with E-state index in [0.717, 1.165) is 6.54 Å². The summed E-state index contributed by atoms with van der Waals surface area (Å²) in [5.74, 6) is 0.0108. The van der Waals surface area contributed by atoms with Gasteiger partial charge in [-0.2, -0.15) is 0 Å². The maximum Gasteiger partial charge on any atom is 0.238 e. The lowest BCUT2D eigenvalue weighted by molar-refractivity contribution is -0.117. The van der Waals surface area contributed by atoms with Crippen molar-refractivity contribution < 1.29 is 4.79 Å². The summed E-state index contributed by atoms with van der Waals surface area (Å²) in [5, 5.41) is 2.85. The number of hydrogen-bond acceptors (Lipinski definition) is 3. The Balaban J connectivity index is 1.91. The molecule has 1 heterocycles. The van der Waals surface area contributed by atoms with Crippen LogP contribution in [-0.2, 0) is 4.79 Å². The second-order valence-electron chi connectivity index (χ2n) is 4.60. The topological polar surface area (TPSA) is 58.4 Å². The van der Waals surface area contributed by atoms with Crippen LogP contribution in [0.2, 0.25) is 0 Å². The van der Waals surface area contributed by atoms with Crippen LogP contribution < -0.4 is 11.1 Å². The van der Waals surface area contributed by atoms with E-state index in [1.807, 2.05) is 18.2 Å². The summed E-state index contributed by atoms with van der Waals surface area (Å²) in [7, 11) is 0. The number of benzene rings is 1. The van der Waals surface area contributed by atoms with E-state index in [1.165, 1.54) is 12.8 Å². The third-order valence-corrected chi connectivity index (χ3v) is 3.27. The van der Waals surface area contributed by atoms with E-state index in [9.17, 15) is 4.79 Å². The van der Waals surface area contributed by atoms with Crippen LogP contribution in [0.3, 0.4) is 0 Å². The molecule has 0 radical (unpaired) electrons.